The first-order valence-corrected chi connectivity index (χ1v) is 19.3. The topological polar surface area (TPSA) is 159 Å². The Labute approximate surface area is 342 Å². The van der Waals surface area contributed by atoms with Crippen molar-refractivity contribution in [1.82, 2.24) is 0 Å². The van der Waals surface area contributed by atoms with E-state index < -0.39 is 56.9 Å². The quantitative estimate of drug-likeness (QED) is 0.0866. The Morgan fingerprint density at radius 3 is 1.67 bits per heavy atom. The van der Waals surface area contributed by atoms with Gasteiger partial charge in [-0.15, -0.1) is 0 Å². The normalized spacial score (nSPS) is 22.1. The molecule has 0 bridgehead atoms. The zero-order valence-corrected chi connectivity index (χ0v) is 31.8. The predicted octanol–water partition coefficient (Wildman–Crippen LogP) is 9.29. The molecule has 0 aromatic heterocycles. The van der Waals surface area contributed by atoms with Gasteiger partial charge in [-0.2, -0.15) is 0 Å². The minimum absolute atomic E-state index is 0.146. The highest BCUT2D eigenvalue weighted by molar-refractivity contribution is 6.31. The Kier molecular flexibility index (Phi) is 8.35. The number of Topliss-reactive ketones (excluding diaryl/α,β-unsaturated/α-hetero) is 3. The maximum Gasteiger partial charge on any atom is 0.269 e. The fourth-order valence-electron chi connectivity index (χ4n) is 10.2. The monoisotopic (exact) mass is 795 g/mol. The summed E-state index contributed by atoms with van der Waals surface area (Å²) in [5, 5.41) is 24.0. The van der Waals surface area contributed by atoms with Gasteiger partial charge in [0.2, 0.25) is 0 Å². The number of fused-ring (bicyclic) bond motifs is 4. The van der Waals surface area contributed by atoms with Crippen LogP contribution in [-0.4, -0.2) is 40.5 Å². The van der Waals surface area contributed by atoms with Crippen LogP contribution in [0.5, 0.6) is 5.75 Å². The Morgan fingerprint density at radius 2 is 1.12 bits per heavy atom. The van der Waals surface area contributed by atoms with Gasteiger partial charge in [0.05, 0.1) is 28.6 Å². The van der Waals surface area contributed by atoms with E-state index in [4.69, 9.17) is 9.47 Å². The Balaban J connectivity index is 1.35. The average molecular weight is 796 g/mol. The summed E-state index contributed by atoms with van der Waals surface area (Å²) in [5.74, 6) is -3.06. The molecule has 0 unspecified atom stereocenters. The van der Waals surface area contributed by atoms with Gasteiger partial charge in [0.15, 0.2) is 23.6 Å². The number of anilines is 1. The van der Waals surface area contributed by atoms with Crippen molar-refractivity contribution in [3.8, 4) is 5.75 Å². The first kappa shape index (κ1) is 36.6. The summed E-state index contributed by atoms with van der Waals surface area (Å²) in [6.45, 7) is 0. The predicted molar refractivity (Wildman–Crippen MR) is 220 cm³/mol. The van der Waals surface area contributed by atoms with Crippen LogP contribution in [0.15, 0.2) is 157 Å². The molecule has 1 saturated heterocycles. The first-order valence-electron chi connectivity index (χ1n) is 19.3. The fraction of sp³-hybridized carbons (Fsp3) is 0.146. The van der Waals surface area contributed by atoms with Crippen LogP contribution in [0.25, 0.3) is 5.76 Å². The zero-order valence-electron chi connectivity index (χ0n) is 31.8. The van der Waals surface area contributed by atoms with E-state index in [9.17, 15) is 25.0 Å². The Hall–Kier alpha value is -7.73. The SMILES string of the molecule is COc1ccc(N2[C@@H](c3ccc([N+](=O)[O-])cc3)C3(C(=O)c4ccccc4C3=O)[C@@H](c3ccccc3)[C@@H]3[C@@H](c4ccc([N+](=O)[O-])cc4)C4=C(O[C@@H]32)c2ccccc2C4=O)cc1. The van der Waals surface area contributed by atoms with E-state index in [1.807, 2.05) is 59.5 Å². The molecule has 0 saturated carbocycles. The largest absolute Gasteiger partial charge is 0.497 e. The third kappa shape index (κ3) is 5.13. The summed E-state index contributed by atoms with van der Waals surface area (Å²) in [5.41, 5.74) is 1.67. The van der Waals surface area contributed by atoms with Crippen molar-refractivity contribution < 1.29 is 33.7 Å². The molecule has 60 heavy (non-hydrogen) atoms. The highest BCUT2D eigenvalue weighted by Crippen LogP contribution is 2.68. The number of nitrogens with zero attached hydrogens (tertiary/aromatic N) is 3. The second-order valence-corrected chi connectivity index (χ2v) is 15.3. The van der Waals surface area contributed by atoms with Crippen molar-refractivity contribution in [2.24, 2.45) is 11.3 Å². The van der Waals surface area contributed by atoms with Crippen LogP contribution in [0.4, 0.5) is 17.1 Å². The number of carbonyl (C=O) groups excluding carboxylic acids is 3. The number of nitro groups is 2. The van der Waals surface area contributed by atoms with Gasteiger partial charge in [-0.1, -0.05) is 103 Å². The highest BCUT2D eigenvalue weighted by Gasteiger charge is 2.72. The van der Waals surface area contributed by atoms with Crippen LogP contribution in [-0.2, 0) is 4.74 Å². The summed E-state index contributed by atoms with van der Waals surface area (Å²) in [6.07, 6.45) is -1.02. The number of hydrogen-bond acceptors (Lipinski definition) is 10. The fourth-order valence-corrected chi connectivity index (χ4v) is 10.2. The molecule has 4 aliphatic rings. The number of piperidine rings is 1. The number of nitro benzene ring substituents is 2. The molecule has 1 fully saturated rings. The molecule has 10 rings (SSSR count). The molecular formula is C48H33N3O9. The number of benzene rings is 6. The van der Waals surface area contributed by atoms with E-state index in [0.717, 1.165) is 0 Å². The van der Waals surface area contributed by atoms with E-state index in [-0.39, 0.29) is 28.3 Å². The van der Waals surface area contributed by atoms with Gasteiger partial charge in [-0.3, -0.25) is 34.6 Å². The van der Waals surface area contributed by atoms with Gasteiger partial charge < -0.3 is 14.4 Å². The molecular weight excluding hydrogens is 763 g/mol. The van der Waals surface area contributed by atoms with Crippen LogP contribution in [0.2, 0.25) is 0 Å². The van der Waals surface area contributed by atoms with E-state index in [1.165, 1.54) is 24.3 Å². The molecule has 0 N–H and O–H groups in total. The molecule has 6 aromatic carbocycles. The number of rotatable bonds is 7. The number of methoxy groups -OCH3 is 1. The van der Waals surface area contributed by atoms with Crippen molar-refractivity contribution in [1.29, 1.82) is 0 Å². The number of carbonyl (C=O) groups is 3. The van der Waals surface area contributed by atoms with Gasteiger partial charge in [0.1, 0.15) is 16.9 Å². The molecule has 0 radical (unpaired) electrons. The number of hydrogen-bond donors (Lipinski definition) is 0. The lowest BCUT2D eigenvalue weighted by Gasteiger charge is -2.61. The molecule has 2 aliphatic heterocycles. The number of allylic oxidation sites excluding steroid dienone is 1. The van der Waals surface area contributed by atoms with Crippen molar-refractivity contribution in [2.45, 2.75) is 24.1 Å². The van der Waals surface area contributed by atoms with Crippen molar-refractivity contribution in [3.05, 3.63) is 216 Å². The van der Waals surface area contributed by atoms with Crippen molar-refractivity contribution in [2.75, 3.05) is 12.0 Å². The van der Waals surface area contributed by atoms with Crippen LogP contribution in [0, 0.1) is 31.6 Å². The molecule has 2 heterocycles. The van der Waals surface area contributed by atoms with Crippen LogP contribution in [0.1, 0.15) is 71.2 Å². The summed E-state index contributed by atoms with van der Waals surface area (Å²) < 4.78 is 12.8. The third-order valence-electron chi connectivity index (χ3n) is 12.6. The van der Waals surface area contributed by atoms with Gasteiger partial charge in [-0.05, 0) is 41.0 Å². The van der Waals surface area contributed by atoms with Crippen LogP contribution >= 0.6 is 0 Å². The molecule has 0 amide bonds. The standard InChI is InChI=1S/C48H33N3O9/c1-59-33-25-23-30(24-26-33)49-44(29-17-21-32(22-18-29)51(57)58)48(45(53)36-13-7-8-14-37(36)46(48)54)41(28-9-3-2-4-10-28)39-38(27-15-19-31(20-16-27)50(55)56)40-42(52)34-11-5-6-12-35(34)43(40)60-47(39)49/h2-26,38-39,41,44,47H,1H3/t38-,39+,41+,44+,47+/m1/s1. The Bertz CT molecular complexity index is 2780. The lowest BCUT2D eigenvalue weighted by molar-refractivity contribution is -0.385. The summed E-state index contributed by atoms with van der Waals surface area (Å²) >= 11 is 0. The van der Waals surface area contributed by atoms with Gasteiger partial charge in [0, 0.05) is 70.0 Å². The van der Waals surface area contributed by atoms with Gasteiger partial charge >= 0.3 is 0 Å². The summed E-state index contributed by atoms with van der Waals surface area (Å²) in [4.78, 5) is 71.6. The van der Waals surface area contributed by atoms with Crippen molar-refractivity contribution in [3.63, 3.8) is 0 Å². The lowest BCUT2D eigenvalue weighted by Crippen LogP contribution is -2.65. The molecule has 12 nitrogen and oxygen atoms in total. The number of ether oxygens (including phenoxy) is 2. The van der Waals surface area contributed by atoms with E-state index in [1.54, 1.807) is 79.9 Å². The molecule has 294 valence electrons. The number of ketones is 3. The minimum Gasteiger partial charge on any atom is -0.497 e. The van der Waals surface area contributed by atoms with Gasteiger partial charge in [-0.25, -0.2) is 0 Å². The van der Waals surface area contributed by atoms with Crippen LogP contribution < -0.4 is 9.64 Å². The van der Waals surface area contributed by atoms with E-state index in [2.05, 4.69) is 0 Å². The van der Waals surface area contributed by atoms with E-state index in [0.29, 0.717) is 50.6 Å². The second kappa shape index (κ2) is 13.7. The molecule has 5 atom stereocenters. The summed E-state index contributed by atoms with van der Waals surface area (Å²) in [7, 11) is 1.54. The zero-order chi connectivity index (χ0) is 41.4. The minimum atomic E-state index is -1.96. The van der Waals surface area contributed by atoms with Gasteiger partial charge in [0.25, 0.3) is 11.4 Å². The smallest absolute Gasteiger partial charge is 0.269 e. The van der Waals surface area contributed by atoms with Crippen molar-refractivity contribution >= 4 is 40.2 Å². The van der Waals surface area contributed by atoms with E-state index >= 15 is 9.59 Å². The second-order valence-electron chi connectivity index (χ2n) is 15.3. The lowest BCUT2D eigenvalue weighted by atomic mass is 9.51. The maximum atomic E-state index is 15.9. The van der Waals surface area contributed by atoms with Crippen LogP contribution in [0.3, 0.4) is 0 Å². The number of non-ortho nitro benzene ring substituents is 2. The molecule has 12 heteroatoms. The Morgan fingerprint density at radius 1 is 0.600 bits per heavy atom. The highest BCUT2D eigenvalue weighted by atomic mass is 16.6. The first-order chi connectivity index (χ1) is 29.1. The molecule has 2 aliphatic carbocycles. The summed E-state index contributed by atoms with van der Waals surface area (Å²) in [6, 6.07) is 41.0. The molecule has 6 aromatic rings. The average Bonchev–Trinajstić information content (AvgIpc) is 3.69. The molecule has 1 spiro atoms. The maximum absolute atomic E-state index is 15.9. The third-order valence-corrected chi connectivity index (χ3v) is 12.6.